The highest BCUT2D eigenvalue weighted by Crippen LogP contribution is 2.35. The molecule has 1 amide bonds. The predicted molar refractivity (Wildman–Crippen MR) is 120 cm³/mol. The van der Waals surface area contributed by atoms with Crippen LogP contribution in [-0.2, 0) is 14.6 Å². The first-order chi connectivity index (χ1) is 14.6. The summed E-state index contributed by atoms with van der Waals surface area (Å²) in [6, 6.07) is 9.11. The largest absolute Gasteiger partial charge is 0.495 e. The van der Waals surface area contributed by atoms with E-state index in [9.17, 15) is 13.2 Å². The number of aromatic nitrogens is 2. The first-order valence-corrected chi connectivity index (χ1v) is 11.8. The summed E-state index contributed by atoms with van der Waals surface area (Å²) >= 11 is 0. The number of nitrogens with one attached hydrogen (secondary N) is 1. The fraction of sp³-hybridized carbons (Fsp3) is 0.391. The van der Waals surface area contributed by atoms with Crippen LogP contribution < -0.4 is 10.1 Å². The van der Waals surface area contributed by atoms with Crippen LogP contribution in [0, 0.1) is 5.92 Å². The minimum Gasteiger partial charge on any atom is -0.495 e. The normalized spacial score (nSPS) is 14.6. The van der Waals surface area contributed by atoms with Crippen molar-refractivity contribution in [3.05, 3.63) is 42.7 Å². The Hall–Kier alpha value is -2.87. The summed E-state index contributed by atoms with van der Waals surface area (Å²) < 4.78 is 32.4. The molecule has 4 rings (SSSR count). The number of pyridine rings is 1. The maximum absolute atomic E-state index is 13.2. The van der Waals surface area contributed by atoms with Gasteiger partial charge < -0.3 is 10.1 Å². The molecule has 0 radical (unpaired) electrons. The summed E-state index contributed by atoms with van der Waals surface area (Å²) in [6.07, 6.45) is 6.05. The second-order valence-electron chi connectivity index (χ2n) is 8.97. The molecule has 8 heteroatoms. The van der Waals surface area contributed by atoms with Crippen LogP contribution in [0.1, 0.15) is 40.0 Å². The minimum atomic E-state index is -3.65. The van der Waals surface area contributed by atoms with Gasteiger partial charge in [0.15, 0.2) is 9.84 Å². The monoisotopic (exact) mass is 441 g/mol. The number of carbonyl (C=O) groups is 1. The molecular formula is C23H27N3O4S. The maximum atomic E-state index is 13.2. The fourth-order valence-electron chi connectivity index (χ4n) is 3.44. The molecule has 164 valence electrons. The number of imidazole rings is 1. The molecule has 1 aliphatic rings. The van der Waals surface area contributed by atoms with Crippen molar-refractivity contribution in [1.82, 2.24) is 9.38 Å². The van der Waals surface area contributed by atoms with Crippen LogP contribution in [0.15, 0.2) is 47.6 Å². The average Bonchev–Trinajstić information content (AvgIpc) is 3.41. The number of hydrogen-bond donors (Lipinski definition) is 1. The molecule has 0 aliphatic heterocycles. The second kappa shape index (κ2) is 7.67. The lowest BCUT2D eigenvalue weighted by Gasteiger charge is -2.21. The standard InChI is InChI=1S/C23H27N3O4S/c1-23(2,3)31(28,29)20-14-26-18(13-24-21(26)12-19(20)30-4)16-6-5-7-17(11-16)25-22(27)10-15-8-9-15/h5-7,11-15H,8-10H2,1-4H3,(H,25,27). The van der Waals surface area contributed by atoms with Gasteiger partial charge in [-0.25, -0.2) is 13.4 Å². The van der Waals surface area contributed by atoms with Crippen molar-refractivity contribution >= 4 is 27.1 Å². The van der Waals surface area contributed by atoms with E-state index in [1.165, 1.54) is 7.11 Å². The molecule has 1 aliphatic carbocycles. The van der Waals surface area contributed by atoms with Crippen LogP contribution in [0.4, 0.5) is 5.69 Å². The summed E-state index contributed by atoms with van der Waals surface area (Å²) in [5.74, 6) is 0.793. The highest BCUT2D eigenvalue weighted by molar-refractivity contribution is 7.92. The van der Waals surface area contributed by atoms with Crippen LogP contribution in [-0.4, -0.2) is 35.6 Å². The number of rotatable bonds is 6. The molecule has 0 unspecified atom stereocenters. The van der Waals surface area contributed by atoms with Gasteiger partial charge in [-0.15, -0.1) is 0 Å². The number of fused-ring (bicyclic) bond motifs is 1. The van der Waals surface area contributed by atoms with E-state index < -0.39 is 14.6 Å². The Bertz CT molecular complexity index is 1250. The third-order valence-corrected chi connectivity index (χ3v) is 8.00. The molecule has 0 atom stereocenters. The summed E-state index contributed by atoms with van der Waals surface area (Å²) in [4.78, 5) is 16.7. The molecule has 1 saturated carbocycles. The topological polar surface area (TPSA) is 89.8 Å². The molecule has 2 heterocycles. The first kappa shape index (κ1) is 21.4. The van der Waals surface area contributed by atoms with Crippen molar-refractivity contribution < 1.29 is 17.9 Å². The number of anilines is 1. The van der Waals surface area contributed by atoms with E-state index in [0.29, 0.717) is 23.7 Å². The van der Waals surface area contributed by atoms with Gasteiger partial charge in [-0.2, -0.15) is 0 Å². The molecule has 2 aromatic heterocycles. The van der Waals surface area contributed by atoms with Crippen molar-refractivity contribution in [1.29, 1.82) is 0 Å². The van der Waals surface area contributed by atoms with Gasteiger partial charge in [0.05, 0.1) is 23.7 Å². The van der Waals surface area contributed by atoms with Crippen molar-refractivity contribution in [2.24, 2.45) is 5.92 Å². The Labute approximate surface area is 182 Å². The molecule has 1 N–H and O–H groups in total. The van der Waals surface area contributed by atoms with Crippen molar-refractivity contribution in [2.45, 2.75) is 49.7 Å². The average molecular weight is 442 g/mol. The zero-order valence-electron chi connectivity index (χ0n) is 18.2. The SMILES string of the molecule is COc1cc2ncc(-c3cccc(NC(=O)CC4CC4)c3)n2cc1S(=O)(=O)C(C)(C)C. The van der Waals surface area contributed by atoms with E-state index in [0.717, 1.165) is 24.1 Å². The predicted octanol–water partition coefficient (Wildman–Crippen LogP) is 4.32. The first-order valence-electron chi connectivity index (χ1n) is 10.3. The number of amides is 1. The Kier molecular flexibility index (Phi) is 5.29. The number of ether oxygens (including phenoxy) is 1. The Morgan fingerprint density at radius 3 is 2.65 bits per heavy atom. The number of benzene rings is 1. The molecule has 31 heavy (non-hydrogen) atoms. The molecule has 0 bridgehead atoms. The number of carbonyl (C=O) groups excluding carboxylic acids is 1. The maximum Gasteiger partial charge on any atom is 0.224 e. The van der Waals surface area contributed by atoms with E-state index in [1.54, 1.807) is 43.6 Å². The van der Waals surface area contributed by atoms with Crippen LogP contribution in [0.3, 0.4) is 0 Å². The van der Waals surface area contributed by atoms with E-state index >= 15 is 0 Å². The van der Waals surface area contributed by atoms with E-state index in [-0.39, 0.29) is 16.6 Å². The van der Waals surface area contributed by atoms with Gasteiger partial charge in [-0.1, -0.05) is 12.1 Å². The van der Waals surface area contributed by atoms with E-state index in [4.69, 9.17) is 4.74 Å². The summed E-state index contributed by atoms with van der Waals surface area (Å²) in [5.41, 5.74) is 2.82. The highest BCUT2D eigenvalue weighted by atomic mass is 32.2. The molecule has 0 saturated heterocycles. The molecule has 0 spiro atoms. The minimum absolute atomic E-state index is 0.0149. The van der Waals surface area contributed by atoms with Gasteiger partial charge in [0.2, 0.25) is 5.91 Å². The number of sulfone groups is 1. The fourth-order valence-corrected chi connectivity index (χ4v) is 4.76. The lowest BCUT2D eigenvalue weighted by molar-refractivity contribution is -0.116. The van der Waals surface area contributed by atoms with Gasteiger partial charge >= 0.3 is 0 Å². The third kappa shape index (κ3) is 4.17. The molecule has 1 fully saturated rings. The van der Waals surface area contributed by atoms with Gasteiger partial charge in [-0.3, -0.25) is 9.20 Å². The zero-order chi connectivity index (χ0) is 22.4. The molecule has 7 nitrogen and oxygen atoms in total. The van der Waals surface area contributed by atoms with E-state index in [2.05, 4.69) is 10.3 Å². The van der Waals surface area contributed by atoms with Crippen LogP contribution in [0.5, 0.6) is 5.75 Å². The van der Waals surface area contributed by atoms with E-state index in [1.807, 2.05) is 24.3 Å². The lowest BCUT2D eigenvalue weighted by atomic mass is 10.1. The van der Waals surface area contributed by atoms with Crippen molar-refractivity contribution in [3.8, 4) is 17.0 Å². The Balaban J connectivity index is 1.76. The molecular weight excluding hydrogens is 414 g/mol. The number of methoxy groups -OCH3 is 1. The summed E-state index contributed by atoms with van der Waals surface area (Å²) in [7, 11) is -2.20. The van der Waals surface area contributed by atoms with Crippen molar-refractivity contribution in [3.63, 3.8) is 0 Å². The second-order valence-corrected chi connectivity index (χ2v) is 11.6. The molecule has 1 aromatic carbocycles. The smallest absolute Gasteiger partial charge is 0.224 e. The van der Waals surface area contributed by atoms with Gasteiger partial charge in [-0.05, 0) is 51.7 Å². The summed E-state index contributed by atoms with van der Waals surface area (Å²) in [5, 5.41) is 2.95. The van der Waals surface area contributed by atoms with Crippen LogP contribution in [0.25, 0.3) is 16.9 Å². The third-order valence-electron chi connectivity index (χ3n) is 5.50. The lowest BCUT2D eigenvalue weighted by Crippen LogP contribution is -2.28. The highest BCUT2D eigenvalue weighted by Gasteiger charge is 2.34. The van der Waals surface area contributed by atoms with Gasteiger partial charge in [0.1, 0.15) is 16.3 Å². The van der Waals surface area contributed by atoms with Gasteiger partial charge in [0, 0.05) is 29.9 Å². The Morgan fingerprint density at radius 1 is 1.26 bits per heavy atom. The quantitative estimate of drug-likeness (QED) is 0.615. The van der Waals surface area contributed by atoms with Crippen LogP contribution >= 0.6 is 0 Å². The summed E-state index contributed by atoms with van der Waals surface area (Å²) in [6.45, 7) is 4.98. The zero-order valence-corrected chi connectivity index (χ0v) is 19.0. The number of nitrogens with zero attached hydrogens (tertiary/aromatic N) is 2. The van der Waals surface area contributed by atoms with Gasteiger partial charge in [0.25, 0.3) is 0 Å². The Morgan fingerprint density at radius 2 is 2.00 bits per heavy atom. The molecule has 3 aromatic rings. The van der Waals surface area contributed by atoms with Crippen LogP contribution in [0.2, 0.25) is 0 Å². The number of hydrogen-bond acceptors (Lipinski definition) is 5. The van der Waals surface area contributed by atoms with Crippen molar-refractivity contribution in [2.75, 3.05) is 12.4 Å².